The number of pyridine rings is 1. The SMILES string of the molecule is COc1ccc(-c2cnc(N3C4CCN(c5ccc(C(F)(F)F)nc5)CC4CNC4CCCCC43)o2)cc1C#N. The number of ether oxygens (including phenoxy) is 1. The van der Waals surface area contributed by atoms with Crippen LogP contribution in [-0.4, -0.2) is 54.8 Å². The number of hydrogen-bond acceptors (Lipinski definition) is 8. The van der Waals surface area contributed by atoms with Crippen molar-refractivity contribution in [3.8, 4) is 23.1 Å². The van der Waals surface area contributed by atoms with Crippen LogP contribution in [0.2, 0.25) is 0 Å². The molecule has 0 amide bonds. The molecule has 40 heavy (non-hydrogen) atoms. The van der Waals surface area contributed by atoms with E-state index in [-0.39, 0.29) is 18.0 Å². The van der Waals surface area contributed by atoms with E-state index >= 15 is 0 Å². The minimum atomic E-state index is -4.45. The van der Waals surface area contributed by atoms with Gasteiger partial charge in [-0.25, -0.2) is 9.97 Å². The smallest absolute Gasteiger partial charge is 0.433 e. The number of halogens is 3. The standard InChI is InChI=1S/C29H31F3N6O2/c1-39-25-8-6-18(12-19(25)13-33)26-16-36-28(40-26)38-23-10-11-37(21-7-9-27(35-15-21)29(30,31)32)17-20(23)14-34-22-4-2-3-5-24(22)38/h6-9,12,15-16,20,22-24,34H,2-5,10-11,14,17H2,1H3. The van der Waals surface area contributed by atoms with Crippen molar-refractivity contribution in [2.45, 2.75) is 56.4 Å². The van der Waals surface area contributed by atoms with E-state index in [9.17, 15) is 18.4 Å². The minimum Gasteiger partial charge on any atom is -0.495 e. The quantitative estimate of drug-likeness (QED) is 0.469. The predicted octanol–water partition coefficient (Wildman–Crippen LogP) is 5.25. The fraction of sp³-hybridized carbons (Fsp3) is 0.483. The third kappa shape index (κ3) is 4.96. The second-order valence-corrected chi connectivity index (χ2v) is 10.8. The zero-order chi connectivity index (χ0) is 27.9. The Kier molecular flexibility index (Phi) is 7.04. The van der Waals surface area contributed by atoms with Crippen molar-refractivity contribution in [2.24, 2.45) is 5.92 Å². The van der Waals surface area contributed by atoms with Gasteiger partial charge in [0.25, 0.3) is 6.01 Å². The molecule has 0 radical (unpaired) electrons. The van der Waals surface area contributed by atoms with Crippen molar-refractivity contribution >= 4 is 11.7 Å². The normalized spacial score (nSPS) is 25.0. The van der Waals surface area contributed by atoms with E-state index in [4.69, 9.17) is 14.1 Å². The predicted molar refractivity (Wildman–Crippen MR) is 143 cm³/mol. The molecule has 2 aromatic heterocycles. The van der Waals surface area contributed by atoms with Gasteiger partial charge in [-0.3, -0.25) is 0 Å². The number of piperidine rings is 1. The Labute approximate surface area is 230 Å². The highest BCUT2D eigenvalue weighted by molar-refractivity contribution is 5.63. The largest absolute Gasteiger partial charge is 0.495 e. The summed E-state index contributed by atoms with van der Waals surface area (Å²) in [6.07, 6.45) is 3.82. The number of nitrogens with zero attached hydrogens (tertiary/aromatic N) is 5. The van der Waals surface area contributed by atoms with Crippen LogP contribution in [0.1, 0.15) is 43.4 Å². The Morgan fingerprint density at radius 1 is 1.07 bits per heavy atom. The molecule has 6 rings (SSSR count). The van der Waals surface area contributed by atoms with Gasteiger partial charge in [-0.15, -0.1) is 0 Å². The van der Waals surface area contributed by atoms with Crippen LogP contribution in [0.4, 0.5) is 24.9 Å². The summed E-state index contributed by atoms with van der Waals surface area (Å²) in [6, 6.07) is 11.4. The lowest BCUT2D eigenvalue weighted by Gasteiger charge is -2.46. The maximum atomic E-state index is 13.0. The topological polar surface area (TPSA) is 90.4 Å². The summed E-state index contributed by atoms with van der Waals surface area (Å²) in [5.74, 6) is 1.30. The highest BCUT2D eigenvalue weighted by Gasteiger charge is 2.44. The highest BCUT2D eigenvalue weighted by Crippen LogP contribution is 2.39. The molecule has 4 unspecified atom stereocenters. The molecule has 1 aromatic carbocycles. The van der Waals surface area contributed by atoms with E-state index in [1.807, 2.05) is 6.07 Å². The summed E-state index contributed by atoms with van der Waals surface area (Å²) >= 11 is 0. The summed E-state index contributed by atoms with van der Waals surface area (Å²) in [7, 11) is 1.53. The zero-order valence-corrected chi connectivity index (χ0v) is 22.2. The van der Waals surface area contributed by atoms with Crippen molar-refractivity contribution in [2.75, 3.05) is 36.5 Å². The molecule has 0 spiro atoms. The van der Waals surface area contributed by atoms with Crippen LogP contribution in [0.25, 0.3) is 11.3 Å². The molecule has 1 aliphatic carbocycles. The van der Waals surface area contributed by atoms with Crippen LogP contribution in [-0.2, 0) is 6.18 Å². The van der Waals surface area contributed by atoms with Crippen LogP contribution < -0.4 is 19.9 Å². The van der Waals surface area contributed by atoms with Crippen LogP contribution >= 0.6 is 0 Å². The molecule has 1 N–H and O–H groups in total. The van der Waals surface area contributed by atoms with Gasteiger partial charge >= 0.3 is 6.18 Å². The first-order chi connectivity index (χ1) is 19.4. The van der Waals surface area contributed by atoms with Gasteiger partial charge in [0.1, 0.15) is 17.5 Å². The Balaban J connectivity index is 1.28. The number of oxazole rings is 1. The maximum Gasteiger partial charge on any atom is 0.433 e. The van der Waals surface area contributed by atoms with Crippen molar-refractivity contribution in [1.29, 1.82) is 5.26 Å². The van der Waals surface area contributed by atoms with E-state index < -0.39 is 11.9 Å². The fourth-order valence-corrected chi connectivity index (χ4v) is 6.54. The molecule has 8 nitrogen and oxygen atoms in total. The molecule has 3 aromatic rings. The summed E-state index contributed by atoms with van der Waals surface area (Å²) in [5.41, 5.74) is 1.00. The average Bonchev–Trinajstić information content (AvgIpc) is 3.40. The van der Waals surface area contributed by atoms with E-state index in [0.717, 1.165) is 43.9 Å². The van der Waals surface area contributed by atoms with Gasteiger partial charge in [-0.05, 0) is 49.6 Å². The zero-order valence-electron chi connectivity index (χ0n) is 22.2. The molecule has 0 bridgehead atoms. The van der Waals surface area contributed by atoms with Gasteiger partial charge in [-0.2, -0.15) is 18.4 Å². The van der Waals surface area contributed by atoms with E-state index in [1.165, 1.54) is 25.8 Å². The monoisotopic (exact) mass is 552 g/mol. The Hall–Kier alpha value is -3.78. The third-order valence-electron chi connectivity index (χ3n) is 8.50. The number of alkyl halides is 3. The molecule has 4 atom stereocenters. The lowest BCUT2D eigenvalue weighted by Crippen LogP contribution is -2.56. The molecule has 11 heteroatoms. The van der Waals surface area contributed by atoms with Crippen LogP contribution in [0, 0.1) is 17.2 Å². The highest BCUT2D eigenvalue weighted by atomic mass is 19.4. The van der Waals surface area contributed by atoms with E-state index in [1.54, 1.807) is 18.3 Å². The number of nitrogens with one attached hydrogen (secondary N) is 1. The molecular formula is C29H31F3N6O2. The number of benzene rings is 1. The summed E-state index contributed by atoms with van der Waals surface area (Å²) in [5, 5.41) is 13.3. The van der Waals surface area contributed by atoms with Gasteiger partial charge in [0, 0.05) is 49.2 Å². The molecule has 4 heterocycles. The summed E-state index contributed by atoms with van der Waals surface area (Å²) < 4.78 is 50.8. The molecule has 3 aliphatic rings. The summed E-state index contributed by atoms with van der Waals surface area (Å²) in [6.45, 7) is 2.20. The third-order valence-corrected chi connectivity index (χ3v) is 8.50. The number of fused-ring (bicyclic) bond motifs is 2. The number of hydrogen-bond donors (Lipinski definition) is 1. The van der Waals surface area contributed by atoms with Crippen molar-refractivity contribution < 1.29 is 22.3 Å². The van der Waals surface area contributed by atoms with Gasteiger partial charge in [0.2, 0.25) is 0 Å². The fourth-order valence-electron chi connectivity index (χ4n) is 6.54. The van der Waals surface area contributed by atoms with Gasteiger partial charge in [0.05, 0.1) is 30.8 Å². The summed E-state index contributed by atoms with van der Waals surface area (Å²) in [4.78, 5) is 12.9. The Bertz CT molecular complexity index is 1390. The first-order valence-corrected chi connectivity index (χ1v) is 13.7. The molecule has 210 valence electrons. The molecule has 1 saturated carbocycles. The van der Waals surface area contributed by atoms with Crippen molar-refractivity contribution in [3.05, 3.63) is 54.0 Å². The lowest BCUT2D eigenvalue weighted by molar-refractivity contribution is -0.141. The Morgan fingerprint density at radius 3 is 2.67 bits per heavy atom. The van der Waals surface area contributed by atoms with Crippen molar-refractivity contribution in [3.63, 3.8) is 0 Å². The number of anilines is 2. The maximum absolute atomic E-state index is 13.0. The number of aromatic nitrogens is 2. The molecule has 3 fully saturated rings. The van der Waals surface area contributed by atoms with Crippen LogP contribution in [0.3, 0.4) is 0 Å². The van der Waals surface area contributed by atoms with Gasteiger partial charge in [0.15, 0.2) is 5.76 Å². The van der Waals surface area contributed by atoms with E-state index in [0.29, 0.717) is 47.9 Å². The van der Waals surface area contributed by atoms with Gasteiger partial charge < -0.3 is 24.3 Å². The molecule has 2 saturated heterocycles. The number of nitriles is 1. The average molecular weight is 553 g/mol. The Morgan fingerprint density at radius 2 is 1.93 bits per heavy atom. The minimum absolute atomic E-state index is 0.163. The first kappa shape index (κ1) is 26.4. The van der Waals surface area contributed by atoms with Crippen LogP contribution in [0.15, 0.2) is 47.1 Å². The van der Waals surface area contributed by atoms with E-state index in [2.05, 4.69) is 26.2 Å². The molecular weight excluding hydrogens is 521 g/mol. The molecule has 2 aliphatic heterocycles. The number of methoxy groups -OCH3 is 1. The first-order valence-electron chi connectivity index (χ1n) is 13.7. The van der Waals surface area contributed by atoms with Crippen molar-refractivity contribution in [1.82, 2.24) is 15.3 Å². The number of rotatable bonds is 4. The van der Waals surface area contributed by atoms with Crippen LogP contribution in [0.5, 0.6) is 5.75 Å². The second-order valence-electron chi connectivity index (χ2n) is 10.8. The second kappa shape index (κ2) is 10.7. The lowest BCUT2D eigenvalue weighted by atomic mass is 9.87. The van der Waals surface area contributed by atoms with Gasteiger partial charge in [-0.1, -0.05) is 12.8 Å².